The molecular weight excluding hydrogens is 238 g/mol. The molecule has 1 unspecified atom stereocenters. The van der Waals surface area contributed by atoms with Crippen LogP contribution in [0.5, 0.6) is 0 Å². The molecule has 0 radical (unpaired) electrons. The number of carbonyl (C=O) groups is 1. The average Bonchev–Trinajstić information content (AvgIpc) is 2.56. The molecule has 4 heteroatoms. The van der Waals surface area contributed by atoms with E-state index in [1.54, 1.807) is 0 Å². The highest BCUT2D eigenvalue weighted by Crippen LogP contribution is 2.27. The van der Waals surface area contributed by atoms with Crippen molar-refractivity contribution >= 4 is 11.9 Å². The molecule has 0 fully saturated rings. The normalized spacial score (nSPS) is 19.1. The number of hydrogen-bond donors (Lipinski definition) is 2. The highest BCUT2D eigenvalue weighted by Gasteiger charge is 2.31. The number of rotatable bonds is 1. The zero-order valence-electron chi connectivity index (χ0n) is 12.2. The van der Waals surface area contributed by atoms with Gasteiger partial charge in [0.2, 0.25) is 0 Å². The zero-order chi connectivity index (χ0) is 14.2. The van der Waals surface area contributed by atoms with Gasteiger partial charge in [-0.05, 0) is 51.3 Å². The lowest BCUT2D eigenvalue weighted by atomic mass is 9.96. The van der Waals surface area contributed by atoms with Crippen molar-refractivity contribution in [2.45, 2.75) is 46.2 Å². The molecule has 0 saturated heterocycles. The van der Waals surface area contributed by atoms with Crippen LogP contribution in [0, 0.1) is 13.8 Å². The summed E-state index contributed by atoms with van der Waals surface area (Å²) >= 11 is 0. The molecule has 1 aromatic carbocycles. The van der Waals surface area contributed by atoms with Crippen LogP contribution in [0.15, 0.2) is 23.2 Å². The predicted molar refractivity (Wildman–Crippen MR) is 77.1 cm³/mol. The van der Waals surface area contributed by atoms with Gasteiger partial charge in [0.25, 0.3) is 5.91 Å². The zero-order valence-corrected chi connectivity index (χ0v) is 12.2. The van der Waals surface area contributed by atoms with E-state index in [2.05, 4.69) is 15.6 Å². The van der Waals surface area contributed by atoms with E-state index in [4.69, 9.17) is 0 Å². The number of guanidine groups is 1. The number of carbonyl (C=O) groups excluding carboxylic acids is 1. The van der Waals surface area contributed by atoms with E-state index in [1.165, 1.54) is 0 Å². The first-order valence-corrected chi connectivity index (χ1v) is 6.51. The van der Waals surface area contributed by atoms with Gasteiger partial charge in [0.15, 0.2) is 12.0 Å². The molecule has 0 saturated carbocycles. The van der Waals surface area contributed by atoms with Crippen LogP contribution in [0.1, 0.15) is 43.5 Å². The Hall–Kier alpha value is -1.84. The second-order valence-electron chi connectivity index (χ2n) is 6.05. The van der Waals surface area contributed by atoms with Crippen molar-refractivity contribution in [1.29, 1.82) is 0 Å². The summed E-state index contributed by atoms with van der Waals surface area (Å²) in [4.78, 5) is 16.6. The third-order valence-corrected chi connectivity index (χ3v) is 3.06. The number of aliphatic imine (C=N–C) groups is 1. The molecule has 102 valence electrons. The average molecular weight is 259 g/mol. The van der Waals surface area contributed by atoms with Crippen LogP contribution in [-0.4, -0.2) is 17.4 Å². The monoisotopic (exact) mass is 259 g/mol. The van der Waals surface area contributed by atoms with Crippen molar-refractivity contribution in [2.75, 3.05) is 0 Å². The molecule has 1 aromatic rings. The summed E-state index contributed by atoms with van der Waals surface area (Å²) in [5, 5.41) is 6.02. The Balaban J connectivity index is 2.33. The first-order valence-electron chi connectivity index (χ1n) is 6.51. The largest absolute Gasteiger partial charge is 0.351 e. The Morgan fingerprint density at radius 2 is 1.79 bits per heavy atom. The van der Waals surface area contributed by atoms with Gasteiger partial charge in [-0.25, -0.2) is 4.99 Å². The third kappa shape index (κ3) is 2.95. The third-order valence-electron chi connectivity index (χ3n) is 3.06. The molecule has 1 amide bonds. The van der Waals surface area contributed by atoms with Gasteiger partial charge in [-0.3, -0.25) is 10.1 Å². The number of hydrogen-bond acceptors (Lipinski definition) is 3. The molecule has 1 atom stereocenters. The van der Waals surface area contributed by atoms with Crippen LogP contribution in [0.25, 0.3) is 0 Å². The molecule has 2 N–H and O–H groups in total. The van der Waals surface area contributed by atoms with Gasteiger partial charge >= 0.3 is 0 Å². The number of nitrogens with one attached hydrogen (secondary N) is 2. The Kier molecular flexibility index (Phi) is 3.35. The van der Waals surface area contributed by atoms with Gasteiger partial charge in [0.1, 0.15) is 0 Å². The molecule has 2 rings (SSSR count). The standard InChI is InChI=1S/C15H21N3O/c1-9-7-6-8-10(2)11(9)12-13(19)17-14(16-12)18-15(3,4)5/h6-8,12H,1-5H3,(H2,16,17,18,19). The van der Waals surface area contributed by atoms with Crippen LogP contribution in [0.4, 0.5) is 0 Å². The van der Waals surface area contributed by atoms with E-state index in [0.29, 0.717) is 5.96 Å². The molecule has 19 heavy (non-hydrogen) atoms. The lowest BCUT2D eigenvalue weighted by Crippen LogP contribution is -2.46. The second kappa shape index (κ2) is 4.68. The van der Waals surface area contributed by atoms with Crippen molar-refractivity contribution in [3.05, 3.63) is 34.9 Å². The van der Waals surface area contributed by atoms with Crippen molar-refractivity contribution in [2.24, 2.45) is 4.99 Å². The number of nitrogens with zero attached hydrogens (tertiary/aromatic N) is 1. The van der Waals surface area contributed by atoms with Crippen LogP contribution in [0.2, 0.25) is 0 Å². The number of amides is 1. The minimum Gasteiger partial charge on any atom is -0.351 e. The topological polar surface area (TPSA) is 53.5 Å². The minimum absolute atomic E-state index is 0.0656. The molecule has 0 spiro atoms. The van der Waals surface area contributed by atoms with Crippen molar-refractivity contribution in [3.63, 3.8) is 0 Å². The van der Waals surface area contributed by atoms with Gasteiger partial charge < -0.3 is 5.32 Å². The fourth-order valence-corrected chi connectivity index (χ4v) is 2.28. The van der Waals surface area contributed by atoms with Gasteiger partial charge in [-0.2, -0.15) is 0 Å². The number of benzene rings is 1. The number of aryl methyl sites for hydroxylation is 2. The van der Waals surface area contributed by atoms with Crippen LogP contribution in [0.3, 0.4) is 0 Å². The predicted octanol–water partition coefficient (Wildman–Crippen LogP) is 2.22. The second-order valence-corrected chi connectivity index (χ2v) is 6.05. The maximum Gasteiger partial charge on any atom is 0.256 e. The van der Waals surface area contributed by atoms with Crippen molar-refractivity contribution < 1.29 is 4.79 Å². The Labute approximate surface area is 114 Å². The maximum atomic E-state index is 12.1. The van der Waals surface area contributed by atoms with E-state index in [9.17, 15) is 4.79 Å². The van der Waals surface area contributed by atoms with Crippen LogP contribution in [-0.2, 0) is 4.79 Å². The molecule has 0 aliphatic carbocycles. The van der Waals surface area contributed by atoms with Crippen molar-refractivity contribution in [3.8, 4) is 0 Å². The molecule has 0 aromatic heterocycles. The van der Waals surface area contributed by atoms with E-state index in [1.807, 2.05) is 52.8 Å². The molecular formula is C15H21N3O. The summed E-state index contributed by atoms with van der Waals surface area (Å²) in [6.07, 6.45) is 0. The van der Waals surface area contributed by atoms with Gasteiger partial charge in [-0.15, -0.1) is 0 Å². The van der Waals surface area contributed by atoms with Gasteiger partial charge in [0.05, 0.1) is 0 Å². The van der Waals surface area contributed by atoms with Gasteiger partial charge in [0, 0.05) is 5.54 Å². The van der Waals surface area contributed by atoms with E-state index < -0.39 is 6.04 Å². The minimum atomic E-state index is -0.439. The molecule has 4 nitrogen and oxygen atoms in total. The highest BCUT2D eigenvalue weighted by molar-refractivity contribution is 6.05. The SMILES string of the molecule is Cc1cccc(C)c1C1N=C(NC(C)(C)C)NC1=O. The fourth-order valence-electron chi connectivity index (χ4n) is 2.28. The molecule has 1 heterocycles. The molecule has 1 aliphatic heterocycles. The van der Waals surface area contributed by atoms with Gasteiger partial charge in [-0.1, -0.05) is 18.2 Å². The smallest absolute Gasteiger partial charge is 0.256 e. The van der Waals surface area contributed by atoms with Crippen LogP contribution >= 0.6 is 0 Å². The lowest BCUT2D eigenvalue weighted by Gasteiger charge is -2.21. The summed E-state index contributed by atoms with van der Waals surface area (Å²) in [7, 11) is 0. The first-order chi connectivity index (χ1) is 8.78. The van der Waals surface area contributed by atoms with Crippen LogP contribution < -0.4 is 10.6 Å². The van der Waals surface area contributed by atoms with E-state index >= 15 is 0 Å². The summed E-state index contributed by atoms with van der Waals surface area (Å²) in [6.45, 7) is 10.1. The Morgan fingerprint density at radius 3 is 2.32 bits per heavy atom. The fraction of sp³-hybridized carbons (Fsp3) is 0.467. The highest BCUT2D eigenvalue weighted by atomic mass is 16.2. The summed E-state index contributed by atoms with van der Waals surface area (Å²) in [6, 6.07) is 5.59. The summed E-state index contributed by atoms with van der Waals surface area (Å²) in [5.74, 6) is 0.495. The Morgan fingerprint density at radius 1 is 1.21 bits per heavy atom. The summed E-state index contributed by atoms with van der Waals surface area (Å²) in [5.41, 5.74) is 3.08. The summed E-state index contributed by atoms with van der Waals surface area (Å²) < 4.78 is 0. The van der Waals surface area contributed by atoms with E-state index in [-0.39, 0.29) is 11.4 Å². The Bertz CT molecular complexity index is 521. The quantitative estimate of drug-likeness (QED) is 0.812. The maximum absolute atomic E-state index is 12.1. The van der Waals surface area contributed by atoms with Crippen molar-refractivity contribution in [1.82, 2.24) is 10.6 Å². The molecule has 0 bridgehead atoms. The first kappa shape index (κ1) is 13.6. The van der Waals surface area contributed by atoms with E-state index in [0.717, 1.165) is 16.7 Å². The molecule has 1 aliphatic rings. The lowest BCUT2D eigenvalue weighted by molar-refractivity contribution is -0.120.